The number of ether oxygens (including phenoxy) is 3. The van der Waals surface area contributed by atoms with Crippen LogP contribution in [0.1, 0.15) is 12.5 Å². The average Bonchev–Trinajstić information content (AvgIpc) is 2.76. The maximum absolute atomic E-state index is 13.0. The van der Waals surface area contributed by atoms with E-state index < -0.39 is 11.9 Å². The maximum Gasteiger partial charge on any atom is 0.397 e. The number of methoxy groups -OCH3 is 2. The molecular formula is C23H23NO5. The number of rotatable bonds is 6. The molecule has 0 N–H and O–H groups in total. The van der Waals surface area contributed by atoms with E-state index in [1.807, 2.05) is 48.5 Å². The third kappa shape index (κ3) is 4.32. The molecule has 0 fully saturated rings. The Morgan fingerprint density at radius 3 is 2.41 bits per heavy atom. The first-order chi connectivity index (χ1) is 14.1. The van der Waals surface area contributed by atoms with Gasteiger partial charge >= 0.3 is 11.9 Å². The number of esters is 1. The standard InChI is InChI=1S/C23H23NO5/c1-4-29-23(26)22(25)24(15-17-12-13-18(27-2)14-21(17)28-3)20-11-7-9-16-8-5-6-10-19(16)20/h5-14H,4,15H2,1-3H3. The Balaban J connectivity index is 2.09. The summed E-state index contributed by atoms with van der Waals surface area (Å²) < 4.78 is 15.7. The van der Waals surface area contributed by atoms with E-state index in [1.54, 1.807) is 33.3 Å². The van der Waals surface area contributed by atoms with Gasteiger partial charge in [0.15, 0.2) is 0 Å². The summed E-state index contributed by atoms with van der Waals surface area (Å²) in [6.45, 7) is 1.93. The van der Waals surface area contributed by atoms with E-state index in [0.29, 0.717) is 17.2 Å². The van der Waals surface area contributed by atoms with Crippen LogP contribution in [0.4, 0.5) is 5.69 Å². The van der Waals surface area contributed by atoms with Gasteiger partial charge in [-0.1, -0.05) is 36.4 Å². The minimum Gasteiger partial charge on any atom is -0.497 e. The Labute approximate surface area is 169 Å². The molecule has 6 heteroatoms. The predicted octanol–water partition coefficient (Wildman–Crippen LogP) is 3.95. The summed E-state index contributed by atoms with van der Waals surface area (Å²) in [6, 6.07) is 18.7. The molecule has 0 radical (unpaired) electrons. The molecule has 0 spiro atoms. The molecule has 0 atom stereocenters. The molecular weight excluding hydrogens is 370 g/mol. The van der Waals surface area contributed by atoms with E-state index in [4.69, 9.17) is 14.2 Å². The molecule has 0 saturated carbocycles. The number of benzene rings is 3. The summed E-state index contributed by atoms with van der Waals surface area (Å²) in [6.07, 6.45) is 0. The molecule has 3 aromatic carbocycles. The first-order valence-corrected chi connectivity index (χ1v) is 9.26. The normalized spacial score (nSPS) is 10.4. The van der Waals surface area contributed by atoms with Crippen molar-refractivity contribution in [2.75, 3.05) is 25.7 Å². The third-order valence-corrected chi connectivity index (χ3v) is 4.58. The van der Waals surface area contributed by atoms with Crippen molar-refractivity contribution >= 4 is 28.3 Å². The number of fused-ring (bicyclic) bond motifs is 1. The lowest BCUT2D eigenvalue weighted by Gasteiger charge is -2.24. The fourth-order valence-corrected chi connectivity index (χ4v) is 3.17. The fraction of sp³-hybridized carbons (Fsp3) is 0.217. The lowest BCUT2D eigenvalue weighted by molar-refractivity contribution is -0.153. The van der Waals surface area contributed by atoms with Gasteiger partial charge in [-0.05, 0) is 30.5 Å². The van der Waals surface area contributed by atoms with E-state index in [-0.39, 0.29) is 13.2 Å². The zero-order chi connectivity index (χ0) is 20.8. The van der Waals surface area contributed by atoms with E-state index in [1.165, 1.54) is 4.90 Å². The van der Waals surface area contributed by atoms with Crippen LogP contribution in [-0.2, 0) is 20.9 Å². The second-order valence-corrected chi connectivity index (χ2v) is 6.29. The molecule has 0 aliphatic rings. The lowest BCUT2D eigenvalue weighted by Crippen LogP contribution is -2.37. The van der Waals surface area contributed by atoms with Crippen molar-refractivity contribution in [3.05, 3.63) is 66.2 Å². The molecule has 0 bridgehead atoms. The van der Waals surface area contributed by atoms with E-state index in [9.17, 15) is 9.59 Å². The van der Waals surface area contributed by atoms with Gasteiger partial charge in [0.1, 0.15) is 11.5 Å². The maximum atomic E-state index is 13.0. The van der Waals surface area contributed by atoms with Crippen molar-refractivity contribution in [3.63, 3.8) is 0 Å². The van der Waals surface area contributed by atoms with Crippen LogP contribution < -0.4 is 14.4 Å². The van der Waals surface area contributed by atoms with Crippen molar-refractivity contribution in [2.45, 2.75) is 13.5 Å². The molecule has 29 heavy (non-hydrogen) atoms. The molecule has 0 aromatic heterocycles. The van der Waals surface area contributed by atoms with Crippen molar-refractivity contribution in [1.82, 2.24) is 0 Å². The number of carbonyl (C=O) groups is 2. The van der Waals surface area contributed by atoms with Crippen LogP contribution >= 0.6 is 0 Å². The minimum absolute atomic E-state index is 0.125. The van der Waals surface area contributed by atoms with Crippen LogP contribution in [0.25, 0.3) is 10.8 Å². The van der Waals surface area contributed by atoms with E-state index in [0.717, 1.165) is 16.3 Å². The second kappa shape index (κ2) is 9.10. The molecule has 3 rings (SSSR count). The largest absolute Gasteiger partial charge is 0.497 e. The Morgan fingerprint density at radius 1 is 0.931 bits per heavy atom. The lowest BCUT2D eigenvalue weighted by atomic mass is 10.1. The molecule has 1 amide bonds. The van der Waals surface area contributed by atoms with Gasteiger partial charge in [-0.25, -0.2) is 4.79 Å². The van der Waals surface area contributed by atoms with Gasteiger partial charge < -0.3 is 14.2 Å². The fourth-order valence-electron chi connectivity index (χ4n) is 3.17. The molecule has 150 valence electrons. The highest BCUT2D eigenvalue weighted by Crippen LogP contribution is 2.31. The van der Waals surface area contributed by atoms with Crippen molar-refractivity contribution in [2.24, 2.45) is 0 Å². The van der Waals surface area contributed by atoms with Crippen molar-refractivity contribution in [3.8, 4) is 11.5 Å². The third-order valence-electron chi connectivity index (χ3n) is 4.58. The number of nitrogens with zero attached hydrogens (tertiary/aromatic N) is 1. The highest BCUT2D eigenvalue weighted by atomic mass is 16.5. The number of anilines is 1. The topological polar surface area (TPSA) is 65.1 Å². The molecule has 0 aliphatic carbocycles. The summed E-state index contributed by atoms with van der Waals surface area (Å²) in [5.41, 5.74) is 1.36. The van der Waals surface area contributed by atoms with Gasteiger partial charge in [0.2, 0.25) is 0 Å². The Bertz CT molecular complexity index is 1030. The molecule has 0 saturated heterocycles. The molecule has 6 nitrogen and oxygen atoms in total. The first-order valence-electron chi connectivity index (χ1n) is 9.26. The molecule has 0 heterocycles. The monoisotopic (exact) mass is 393 g/mol. The van der Waals surface area contributed by atoms with Crippen molar-refractivity contribution in [1.29, 1.82) is 0 Å². The number of carbonyl (C=O) groups excluding carboxylic acids is 2. The summed E-state index contributed by atoms with van der Waals surface area (Å²) in [5, 5.41) is 1.83. The smallest absolute Gasteiger partial charge is 0.397 e. The van der Waals surface area contributed by atoms with Crippen LogP contribution in [-0.4, -0.2) is 32.7 Å². The second-order valence-electron chi connectivity index (χ2n) is 6.29. The Morgan fingerprint density at radius 2 is 1.69 bits per heavy atom. The summed E-state index contributed by atoms with van der Waals surface area (Å²) >= 11 is 0. The molecule has 0 aliphatic heterocycles. The average molecular weight is 393 g/mol. The zero-order valence-corrected chi connectivity index (χ0v) is 16.7. The number of hydrogen-bond donors (Lipinski definition) is 0. The molecule has 0 unspecified atom stereocenters. The quantitative estimate of drug-likeness (QED) is 0.469. The van der Waals surface area contributed by atoms with Gasteiger partial charge in [-0.2, -0.15) is 0 Å². The summed E-state index contributed by atoms with van der Waals surface area (Å²) in [5.74, 6) is -0.431. The van der Waals surface area contributed by atoms with Gasteiger partial charge in [0.05, 0.1) is 33.1 Å². The van der Waals surface area contributed by atoms with Crippen LogP contribution in [0.5, 0.6) is 11.5 Å². The van der Waals surface area contributed by atoms with Gasteiger partial charge in [0.25, 0.3) is 0 Å². The van der Waals surface area contributed by atoms with Crippen LogP contribution in [0.15, 0.2) is 60.7 Å². The predicted molar refractivity (Wildman–Crippen MR) is 111 cm³/mol. The minimum atomic E-state index is -0.895. The van der Waals surface area contributed by atoms with Crippen molar-refractivity contribution < 1.29 is 23.8 Å². The Hall–Kier alpha value is -3.54. The zero-order valence-electron chi connectivity index (χ0n) is 16.7. The van der Waals surface area contributed by atoms with Gasteiger partial charge in [0, 0.05) is 17.0 Å². The summed E-state index contributed by atoms with van der Waals surface area (Å²) in [4.78, 5) is 26.7. The molecule has 3 aromatic rings. The highest BCUT2D eigenvalue weighted by Gasteiger charge is 2.27. The summed E-state index contributed by atoms with van der Waals surface area (Å²) in [7, 11) is 3.12. The Kier molecular flexibility index (Phi) is 6.34. The van der Waals surface area contributed by atoms with Crippen LogP contribution in [0.3, 0.4) is 0 Å². The number of amides is 1. The SMILES string of the molecule is CCOC(=O)C(=O)N(Cc1ccc(OC)cc1OC)c1cccc2ccccc12. The van der Waals surface area contributed by atoms with E-state index >= 15 is 0 Å². The first kappa shape index (κ1) is 20.2. The van der Waals surface area contributed by atoms with Crippen LogP contribution in [0, 0.1) is 0 Å². The van der Waals surface area contributed by atoms with Gasteiger partial charge in [-0.3, -0.25) is 9.69 Å². The van der Waals surface area contributed by atoms with Crippen LogP contribution in [0.2, 0.25) is 0 Å². The highest BCUT2D eigenvalue weighted by molar-refractivity contribution is 6.38. The van der Waals surface area contributed by atoms with E-state index in [2.05, 4.69) is 0 Å². The van der Waals surface area contributed by atoms with Gasteiger partial charge in [-0.15, -0.1) is 0 Å². The number of hydrogen-bond acceptors (Lipinski definition) is 5.